The summed E-state index contributed by atoms with van der Waals surface area (Å²) in [6, 6.07) is 10.2. The quantitative estimate of drug-likeness (QED) is 0.415. The first-order valence-electron chi connectivity index (χ1n) is 12.2. The Bertz CT molecular complexity index is 1090. The SMILES string of the molecule is [2H]C([2H])([2H])c1ccc(-c2n(-c3c(C(C)C)cc(C(C)C)cc3C(C)C)cc[n+]2C)c(C)c1. The largest absolute Gasteiger partial charge is 0.294 e. The van der Waals surface area contributed by atoms with Crippen molar-refractivity contribution in [3.8, 4) is 17.1 Å². The summed E-state index contributed by atoms with van der Waals surface area (Å²) in [7, 11) is 2.05. The maximum Gasteiger partial charge on any atom is 0.294 e. The second kappa shape index (κ2) is 8.18. The van der Waals surface area contributed by atoms with E-state index in [1.54, 1.807) is 12.1 Å². The van der Waals surface area contributed by atoms with Crippen molar-refractivity contribution in [1.29, 1.82) is 0 Å². The summed E-state index contributed by atoms with van der Waals surface area (Å²) < 4.78 is 27.7. The molecule has 0 unspecified atom stereocenters. The molecular weight excluding hydrogens is 352 g/mol. The Hall–Kier alpha value is -2.35. The van der Waals surface area contributed by atoms with Crippen LogP contribution in [-0.2, 0) is 7.05 Å². The summed E-state index contributed by atoms with van der Waals surface area (Å²) in [5.74, 6) is 2.27. The third-order valence-corrected chi connectivity index (χ3v) is 5.81. The molecule has 2 heteroatoms. The second-order valence-electron chi connectivity index (χ2n) is 9.14. The highest BCUT2D eigenvalue weighted by Gasteiger charge is 2.27. The van der Waals surface area contributed by atoms with E-state index >= 15 is 0 Å². The van der Waals surface area contributed by atoms with Gasteiger partial charge in [0.25, 0.3) is 5.82 Å². The number of rotatable bonds is 5. The highest BCUT2D eigenvalue weighted by Crippen LogP contribution is 2.36. The molecule has 0 N–H and O–H groups in total. The lowest BCUT2D eigenvalue weighted by molar-refractivity contribution is -0.659. The Morgan fingerprint density at radius 1 is 0.897 bits per heavy atom. The number of benzene rings is 2. The fourth-order valence-corrected chi connectivity index (χ4v) is 4.09. The zero-order valence-electron chi connectivity index (χ0n) is 22.2. The molecule has 0 saturated heterocycles. The molecule has 154 valence electrons. The van der Waals surface area contributed by atoms with E-state index in [4.69, 9.17) is 4.11 Å². The van der Waals surface area contributed by atoms with Gasteiger partial charge in [-0.2, -0.15) is 4.57 Å². The molecule has 3 rings (SSSR count). The van der Waals surface area contributed by atoms with Crippen molar-refractivity contribution < 1.29 is 8.68 Å². The smallest absolute Gasteiger partial charge is 0.232 e. The van der Waals surface area contributed by atoms with E-state index in [-0.39, 0.29) is 0 Å². The van der Waals surface area contributed by atoms with Crippen LogP contribution in [0.2, 0.25) is 0 Å². The Balaban J connectivity index is 2.33. The first-order valence-corrected chi connectivity index (χ1v) is 10.7. The fraction of sp³-hybridized carbons (Fsp3) is 0.444. The van der Waals surface area contributed by atoms with E-state index < -0.39 is 6.85 Å². The van der Waals surface area contributed by atoms with E-state index in [2.05, 4.69) is 82.3 Å². The van der Waals surface area contributed by atoms with E-state index in [9.17, 15) is 0 Å². The minimum Gasteiger partial charge on any atom is -0.232 e. The van der Waals surface area contributed by atoms with Gasteiger partial charge in [0.15, 0.2) is 0 Å². The van der Waals surface area contributed by atoms with E-state index in [0.717, 1.165) is 17.0 Å². The molecule has 0 bridgehead atoms. The van der Waals surface area contributed by atoms with Crippen LogP contribution in [0.3, 0.4) is 0 Å². The molecular formula is C27H37N2+. The number of aryl methyl sites for hydroxylation is 3. The summed E-state index contributed by atoms with van der Waals surface area (Å²) in [6.45, 7) is 13.4. The van der Waals surface area contributed by atoms with Gasteiger partial charge in [-0.1, -0.05) is 71.4 Å². The summed E-state index contributed by atoms with van der Waals surface area (Å²) >= 11 is 0. The molecule has 0 aliphatic rings. The lowest BCUT2D eigenvalue weighted by Gasteiger charge is -2.21. The van der Waals surface area contributed by atoms with Gasteiger partial charge >= 0.3 is 0 Å². The van der Waals surface area contributed by atoms with Crippen molar-refractivity contribution in [1.82, 2.24) is 4.57 Å². The molecule has 29 heavy (non-hydrogen) atoms. The predicted octanol–water partition coefficient (Wildman–Crippen LogP) is 6.96. The minimum atomic E-state index is -2.10. The first kappa shape index (κ1) is 17.5. The molecule has 1 heterocycles. The Morgan fingerprint density at radius 3 is 2.00 bits per heavy atom. The van der Waals surface area contributed by atoms with Gasteiger partial charge in [-0.25, -0.2) is 4.57 Å². The standard InChI is InChI=1S/C27H37N2/c1-17(2)22-15-24(18(3)4)26(25(16-22)19(5)6)29-13-12-28(9)27(29)23-11-10-20(7)14-21(23)8/h10-19H,1-9H3/q+1/i7D3. The maximum absolute atomic E-state index is 7.76. The van der Waals surface area contributed by atoms with Crippen LogP contribution < -0.4 is 4.57 Å². The Labute approximate surface area is 181 Å². The van der Waals surface area contributed by atoms with Crippen LogP contribution in [0.5, 0.6) is 0 Å². The molecule has 1 aromatic heterocycles. The van der Waals surface area contributed by atoms with Crippen LogP contribution in [0.25, 0.3) is 17.1 Å². The summed E-state index contributed by atoms with van der Waals surface area (Å²) in [6.07, 6.45) is 4.21. The molecule has 0 aliphatic heterocycles. The van der Waals surface area contributed by atoms with Crippen LogP contribution in [0, 0.1) is 13.8 Å². The van der Waals surface area contributed by atoms with Gasteiger partial charge in [0, 0.05) is 15.2 Å². The molecule has 0 fully saturated rings. The zero-order valence-corrected chi connectivity index (χ0v) is 19.2. The average Bonchev–Trinajstić information content (AvgIpc) is 3.06. The fourth-order valence-electron chi connectivity index (χ4n) is 4.09. The van der Waals surface area contributed by atoms with Crippen LogP contribution in [0.15, 0.2) is 42.7 Å². The van der Waals surface area contributed by atoms with Gasteiger partial charge in [-0.3, -0.25) is 0 Å². The van der Waals surface area contributed by atoms with Crippen LogP contribution in [-0.4, -0.2) is 4.57 Å². The third kappa shape index (κ3) is 4.03. The summed E-state index contributed by atoms with van der Waals surface area (Å²) in [5, 5.41) is 0. The van der Waals surface area contributed by atoms with Gasteiger partial charge in [-0.05, 0) is 48.7 Å². The molecule has 0 aliphatic carbocycles. The van der Waals surface area contributed by atoms with Gasteiger partial charge < -0.3 is 0 Å². The maximum atomic E-state index is 7.76. The normalized spacial score (nSPS) is 13.8. The predicted molar refractivity (Wildman–Crippen MR) is 124 cm³/mol. The molecule has 3 aromatic rings. The lowest BCUT2D eigenvalue weighted by Crippen LogP contribution is -2.29. The minimum absolute atomic E-state index is 0.376. The summed E-state index contributed by atoms with van der Waals surface area (Å²) in [4.78, 5) is 0. The van der Waals surface area contributed by atoms with Crippen molar-refractivity contribution in [3.63, 3.8) is 0 Å². The molecule has 0 spiro atoms. The number of nitrogens with zero attached hydrogens (tertiary/aromatic N) is 2. The second-order valence-corrected chi connectivity index (χ2v) is 9.14. The van der Waals surface area contributed by atoms with Crippen LogP contribution in [0.4, 0.5) is 0 Å². The number of aromatic nitrogens is 2. The van der Waals surface area contributed by atoms with Gasteiger partial charge in [-0.15, -0.1) is 0 Å². The first-order chi connectivity index (χ1) is 14.8. The molecule has 0 amide bonds. The van der Waals surface area contributed by atoms with Crippen LogP contribution in [0.1, 0.15) is 91.2 Å². The molecule has 0 atom stereocenters. The average molecular weight is 393 g/mol. The van der Waals surface area contributed by atoms with Gasteiger partial charge in [0.1, 0.15) is 18.1 Å². The topological polar surface area (TPSA) is 8.81 Å². The monoisotopic (exact) mass is 392 g/mol. The van der Waals surface area contributed by atoms with Crippen molar-refractivity contribution >= 4 is 0 Å². The highest BCUT2D eigenvalue weighted by atomic mass is 15.1. The number of imidazole rings is 1. The molecule has 0 radical (unpaired) electrons. The van der Waals surface area contributed by atoms with E-state index in [0.29, 0.717) is 23.3 Å². The van der Waals surface area contributed by atoms with Gasteiger partial charge in [0.05, 0.1) is 12.6 Å². The molecule has 0 saturated carbocycles. The van der Waals surface area contributed by atoms with E-state index in [1.165, 1.54) is 22.4 Å². The Morgan fingerprint density at radius 2 is 1.52 bits per heavy atom. The number of hydrogen-bond donors (Lipinski definition) is 0. The van der Waals surface area contributed by atoms with Crippen molar-refractivity contribution in [2.75, 3.05) is 0 Å². The number of hydrogen-bond acceptors (Lipinski definition) is 0. The lowest BCUT2D eigenvalue weighted by atomic mass is 9.87. The van der Waals surface area contributed by atoms with E-state index in [1.807, 2.05) is 13.0 Å². The molecule has 2 nitrogen and oxygen atoms in total. The van der Waals surface area contributed by atoms with Crippen molar-refractivity contribution in [2.24, 2.45) is 7.05 Å². The van der Waals surface area contributed by atoms with Crippen molar-refractivity contribution in [3.05, 3.63) is 70.5 Å². The Kier molecular flexibility index (Phi) is 4.94. The van der Waals surface area contributed by atoms with Crippen molar-refractivity contribution in [2.45, 2.75) is 73.1 Å². The highest BCUT2D eigenvalue weighted by molar-refractivity contribution is 5.64. The molecule has 2 aromatic carbocycles. The summed E-state index contributed by atoms with van der Waals surface area (Å²) in [5.41, 5.74) is 7.69. The zero-order chi connectivity index (χ0) is 24.0. The third-order valence-electron chi connectivity index (χ3n) is 5.81. The van der Waals surface area contributed by atoms with Gasteiger partial charge in [0.2, 0.25) is 0 Å². The van der Waals surface area contributed by atoms with Crippen LogP contribution >= 0.6 is 0 Å².